The Kier molecular flexibility index (Phi) is 3.93. The van der Waals surface area contributed by atoms with Crippen LogP contribution in [0, 0.1) is 0 Å². The summed E-state index contributed by atoms with van der Waals surface area (Å²) in [5.41, 5.74) is 0. The van der Waals surface area contributed by atoms with Crippen LogP contribution < -0.4 is 9.79 Å². The molecule has 1 aliphatic carbocycles. The normalized spacial score (nSPS) is 18.9. The van der Waals surface area contributed by atoms with Crippen LogP contribution in [0.2, 0.25) is 0 Å². The lowest BCUT2D eigenvalue weighted by Crippen LogP contribution is -2.41. The van der Waals surface area contributed by atoms with Gasteiger partial charge in [0.05, 0.1) is 0 Å². The van der Waals surface area contributed by atoms with E-state index in [0.29, 0.717) is 6.04 Å². The predicted octanol–water partition coefficient (Wildman–Crippen LogP) is 1.25. The monoisotopic (exact) mass is 287 g/mol. The van der Waals surface area contributed by atoms with Crippen LogP contribution in [0.4, 0.5) is 5.88 Å². The second-order valence-electron chi connectivity index (χ2n) is 3.95. The minimum absolute atomic E-state index is 0.205. The summed E-state index contributed by atoms with van der Waals surface area (Å²) in [5, 5.41) is 15.2. The number of alkyl halides is 1. The van der Waals surface area contributed by atoms with Crippen molar-refractivity contribution in [1.29, 1.82) is 0 Å². The minimum Gasteiger partial charge on any atom is -0.861 e. The first-order chi connectivity index (χ1) is 7.79. The fourth-order valence-electron chi connectivity index (χ4n) is 1.97. The van der Waals surface area contributed by atoms with Gasteiger partial charge in [-0.05, 0) is 23.4 Å². The standard InChI is InChI=1S/C10H14BrN3O2/c11-6-9(15)12-10-7-14(13-16-10)8-4-2-1-3-5-8/h7-8H,1-6H2. The van der Waals surface area contributed by atoms with Gasteiger partial charge < -0.3 is 5.11 Å². The highest BCUT2D eigenvalue weighted by molar-refractivity contribution is 9.09. The fraction of sp³-hybridized carbons (Fsp3) is 0.700. The van der Waals surface area contributed by atoms with Gasteiger partial charge in [0.1, 0.15) is 0 Å². The highest BCUT2D eigenvalue weighted by atomic mass is 79.9. The van der Waals surface area contributed by atoms with Crippen LogP contribution in [0.25, 0.3) is 0 Å². The molecule has 1 fully saturated rings. The van der Waals surface area contributed by atoms with E-state index in [1.165, 1.54) is 19.3 Å². The first-order valence-electron chi connectivity index (χ1n) is 5.48. The largest absolute Gasteiger partial charge is 0.861 e. The zero-order valence-corrected chi connectivity index (χ0v) is 10.5. The van der Waals surface area contributed by atoms with Crippen molar-refractivity contribution in [2.45, 2.75) is 38.1 Å². The molecule has 0 saturated heterocycles. The molecular formula is C10H14BrN3O2. The van der Waals surface area contributed by atoms with Gasteiger partial charge >= 0.3 is 5.88 Å². The van der Waals surface area contributed by atoms with Gasteiger partial charge in [0, 0.05) is 18.2 Å². The quantitative estimate of drug-likeness (QED) is 0.364. The van der Waals surface area contributed by atoms with E-state index in [2.05, 4.69) is 26.2 Å². The smallest absolute Gasteiger partial charge is 0.320 e. The summed E-state index contributed by atoms with van der Waals surface area (Å²) >= 11 is 3.04. The second kappa shape index (κ2) is 5.43. The third-order valence-corrected chi connectivity index (χ3v) is 3.25. The van der Waals surface area contributed by atoms with Crippen LogP contribution in [0.1, 0.15) is 38.1 Å². The van der Waals surface area contributed by atoms with Crippen molar-refractivity contribution in [3.63, 3.8) is 0 Å². The Hall–Kier alpha value is -0.910. The third kappa shape index (κ3) is 2.81. The Morgan fingerprint density at radius 2 is 2.31 bits per heavy atom. The molecule has 0 atom stereocenters. The van der Waals surface area contributed by atoms with Crippen molar-refractivity contribution in [3.05, 3.63) is 6.20 Å². The predicted molar refractivity (Wildman–Crippen MR) is 59.7 cm³/mol. The Labute approximate surface area is 102 Å². The molecule has 0 N–H and O–H groups in total. The fourth-order valence-corrected chi connectivity index (χ4v) is 2.09. The molecule has 5 nitrogen and oxygen atoms in total. The molecule has 88 valence electrons. The summed E-state index contributed by atoms with van der Waals surface area (Å²) in [6.45, 7) is 0. The van der Waals surface area contributed by atoms with E-state index in [4.69, 9.17) is 4.52 Å². The zero-order chi connectivity index (χ0) is 11.4. The third-order valence-electron chi connectivity index (χ3n) is 2.77. The number of rotatable bonds is 3. The number of hydrogen-bond donors (Lipinski definition) is 0. The van der Waals surface area contributed by atoms with Gasteiger partial charge in [-0.25, -0.2) is 4.99 Å². The first-order valence-corrected chi connectivity index (χ1v) is 6.60. The molecule has 0 aromatic carbocycles. The summed E-state index contributed by atoms with van der Waals surface area (Å²) in [6, 6.07) is 0.403. The summed E-state index contributed by atoms with van der Waals surface area (Å²) < 4.78 is 6.79. The van der Waals surface area contributed by atoms with Gasteiger partial charge in [-0.1, -0.05) is 22.4 Å². The van der Waals surface area contributed by atoms with E-state index in [-0.39, 0.29) is 17.1 Å². The number of aromatic nitrogens is 2. The average Bonchev–Trinajstić information content (AvgIpc) is 2.78. The highest BCUT2D eigenvalue weighted by Gasteiger charge is 2.25. The Balaban J connectivity index is 2.06. The van der Waals surface area contributed by atoms with Crippen LogP contribution in [-0.2, 0) is 0 Å². The van der Waals surface area contributed by atoms with Crippen molar-refractivity contribution in [1.82, 2.24) is 5.27 Å². The van der Waals surface area contributed by atoms with E-state index >= 15 is 0 Å². The maximum atomic E-state index is 11.1. The summed E-state index contributed by atoms with van der Waals surface area (Å²) in [6.07, 6.45) is 7.73. The van der Waals surface area contributed by atoms with E-state index < -0.39 is 0 Å². The van der Waals surface area contributed by atoms with Crippen LogP contribution in [0.5, 0.6) is 0 Å². The lowest BCUT2D eigenvalue weighted by Gasteiger charge is -2.12. The average molecular weight is 288 g/mol. The molecular weight excluding hydrogens is 274 g/mol. The molecule has 6 heteroatoms. The molecule has 1 aliphatic rings. The van der Waals surface area contributed by atoms with Crippen LogP contribution in [0.3, 0.4) is 0 Å². The number of hydrogen-bond acceptors (Lipinski definition) is 4. The Bertz CT molecular complexity index is 372. The molecule has 0 bridgehead atoms. The SMILES string of the molecule is [O-]/C(CBr)=N\c1c[n+](C2CCCCC2)no1. The number of halogens is 1. The maximum absolute atomic E-state index is 11.1. The minimum atomic E-state index is -0.257. The molecule has 1 aromatic heterocycles. The zero-order valence-electron chi connectivity index (χ0n) is 8.93. The van der Waals surface area contributed by atoms with Gasteiger partial charge in [0.25, 0.3) is 6.20 Å². The molecule has 16 heavy (non-hydrogen) atoms. The van der Waals surface area contributed by atoms with Crippen LogP contribution in [-0.4, -0.2) is 16.5 Å². The topological polar surface area (TPSA) is 65.3 Å². The summed E-state index contributed by atoms with van der Waals surface area (Å²) in [4.78, 5) is 3.76. The van der Waals surface area contributed by atoms with Gasteiger partial charge in [0.2, 0.25) is 5.27 Å². The van der Waals surface area contributed by atoms with Crippen molar-refractivity contribution < 1.29 is 14.3 Å². The van der Waals surface area contributed by atoms with E-state index in [0.717, 1.165) is 12.8 Å². The molecule has 0 aliphatic heterocycles. The molecule has 0 unspecified atom stereocenters. The van der Waals surface area contributed by atoms with E-state index in [1.807, 2.05) is 0 Å². The summed E-state index contributed by atoms with van der Waals surface area (Å²) in [5.74, 6) is 0.0296. The van der Waals surface area contributed by atoms with Crippen molar-refractivity contribution in [3.8, 4) is 0 Å². The lowest BCUT2D eigenvalue weighted by molar-refractivity contribution is -0.787. The van der Waals surface area contributed by atoms with Gasteiger partial charge in [-0.15, -0.1) is 0 Å². The van der Waals surface area contributed by atoms with Crippen molar-refractivity contribution in [2.75, 3.05) is 5.33 Å². The van der Waals surface area contributed by atoms with Gasteiger partial charge in [0.15, 0.2) is 6.04 Å². The van der Waals surface area contributed by atoms with Crippen LogP contribution >= 0.6 is 15.9 Å². The van der Waals surface area contributed by atoms with Crippen molar-refractivity contribution in [2.24, 2.45) is 4.99 Å². The molecule has 0 amide bonds. The number of aliphatic imine (C=N–C) groups is 1. The van der Waals surface area contributed by atoms with Gasteiger partial charge in [-0.3, -0.25) is 4.52 Å². The van der Waals surface area contributed by atoms with E-state index in [1.54, 1.807) is 10.9 Å². The summed E-state index contributed by atoms with van der Waals surface area (Å²) in [7, 11) is 0. The Morgan fingerprint density at radius 1 is 1.56 bits per heavy atom. The lowest BCUT2D eigenvalue weighted by atomic mass is 9.96. The van der Waals surface area contributed by atoms with E-state index in [9.17, 15) is 5.11 Å². The number of nitrogens with zero attached hydrogens (tertiary/aromatic N) is 3. The highest BCUT2D eigenvalue weighted by Crippen LogP contribution is 2.23. The maximum Gasteiger partial charge on any atom is 0.320 e. The molecule has 1 saturated carbocycles. The molecule has 0 radical (unpaired) electrons. The Morgan fingerprint density at radius 3 is 3.00 bits per heavy atom. The molecule has 0 spiro atoms. The second-order valence-corrected chi connectivity index (χ2v) is 4.51. The molecule has 1 heterocycles. The molecule has 1 aromatic rings. The van der Waals surface area contributed by atoms with Crippen LogP contribution in [0.15, 0.2) is 15.7 Å². The molecule has 2 rings (SSSR count). The van der Waals surface area contributed by atoms with Gasteiger partial charge in [-0.2, -0.15) is 0 Å². The van der Waals surface area contributed by atoms with Crippen molar-refractivity contribution >= 4 is 27.7 Å². The first kappa shape index (κ1) is 11.6.